The van der Waals surface area contributed by atoms with Crippen LogP contribution in [0.25, 0.3) is 6.08 Å². The first kappa shape index (κ1) is 20.6. The zero-order valence-corrected chi connectivity index (χ0v) is 17.6. The SMILES string of the molecule is CCN(CC)c1ccc(/C=C(\C#N)C(=O)Nc2sc3c(c2C#N)CCCC3)cc1. The van der Waals surface area contributed by atoms with Gasteiger partial charge in [0.25, 0.3) is 5.91 Å². The molecule has 6 heteroatoms. The van der Waals surface area contributed by atoms with Crippen molar-refractivity contribution in [2.24, 2.45) is 0 Å². The highest BCUT2D eigenvalue weighted by Gasteiger charge is 2.22. The Hall–Kier alpha value is -3.09. The van der Waals surface area contributed by atoms with Crippen molar-refractivity contribution < 1.29 is 4.79 Å². The van der Waals surface area contributed by atoms with Gasteiger partial charge in [-0.3, -0.25) is 4.79 Å². The Bertz CT molecular complexity index is 1000. The van der Waals surface area contributed by atoms with Crippen LogP contribution in [-0.2, 0) is 17.6 Å². The van der Waals surface area contributed by atoms with Crippen LogP contribution in [0, 0.1) is 22.7 Å². The second kappa shape index (κ2) is 9.41. The number of hydrogen-bond donors (Lipinski definition) is 1. The Balaban J connectivity index is 1.80. The Kier molecular flexibility index (Phi) is 6.69. The maximum absolute atomic E-state index is 12.7. The topological polar surface area (TPSA) is 79.9 Å². The molecule has 1 aromatic heterocycles. The van der Waals surface area contributed by atoms with Crippen LogP contribution in [0.15, 0.2) is 29.8 Å². The maximum atomic E-state index is 12.7. The van der Waals surface area contributed by atoms with Gasteiger partial charge in [-0.15, -0.1) is 11.3 Å². The van der Waals surface area contributed by atoms with Gasteiger partial charge < -0.3 is 10.2 Å². The molecule has 0 saturated heterocycles. The lowest BCUT2D eigenvalue weighted by Gasteiger charge is -2.20. The number of anilines is 2. The highest BCUT2D eigenvalue weighted by atomic mass is 32.1. The van der Waals surface area contributed by atoms with E-state index in [2.05, 4.69) is 30.1 Å². The Morgan fingerprint density at radius 2 is 1.86 bits per heavy atom. The Labute approximate surface area is 175 Å². The molecule has 1 aliphatic rings. The first-order chi connectivity index (χ1) is 14.1. The van der Waals surface area contributed by atoms with E-state index in [1.807, 2.05) is 30.3 Å². The Morgan fingerprint density at radius 3 is 2.48 bits per heavy atom. The van der Waals surface area contributed by atoms with E-state index in [1.54, 1.807) is 6.08 Å². The minimum absolute atomic E-state index is 0.0239. The zero-order chi connectivity index (χ0) is 20.8. The minimum atomic E-state index is -0.476. The summed E-state index contributed by atoms with van der Waals surface area (Å²) in [4.78, 5) is 16.1. The fourth-order valence-corrected chi connectivity index (χ4v) is 4.86. The molecule has 148 valence electrons. The number of benzene rings is 1. The van der Waals surface area contributed by atoms with E-state index in [9.17, 15) is 15.3 Å². The summed E-state index contributed by atoms with van der Waals surface area (Å²) in [6.07, 6.45) is 5.59. The molecule has 1 N–H and O–H groups in total. The van der Waals surface area contributed by atoms with E-state index < -0.39 is 5.91 Å². The molecule has 1 amide bonds. The van der Waals surface area contributed by atoms with Crippen molar-refractivity contribution in [3.05, 3.63) is 51.4 Å². The van der Waals surface area contributed by atoms with Gasteiger partial charge in [-0.1, -0.05) is 12.1 Å². The summed E-state index contributed by atoms with van der Waals surface area (Å²) < 4.78 is 0. The Morgan fingerprint density at radius 1 is 1.17 bits per heavy atom. The predicted octanol–water partition coefficient (Wildman–Crippen LogP) is 4.89. The number of carbonyl (C=O) groups is 1. The van der Waals surface area contributed by atoms with Gasteiger partial charge in [0.2, 0.25) is 0 Å². The van der Waals surface area contributed by atoms with Crippen molar-refractivity contribution in [1.29, 1.82) is 10.5 Å². The summed E-state index contributed by atoms with van der Waals surface area (Å²) in [5, 5.41) is 22.4. The number of aryl methyl sites for hydroxylation is 1. The summed E-state index contributed by atoms with van der Waals surface area (Å²) in [6.45, 7) is 6.05. The number of hydrogen-bond acceptors (Lipinski definition) is 5. The van der Waals surface area contributed by atoms with E-state index >= 15 is 0 Å². The lowest BCUT2D eigenvalue weighted by Crippen LogP contribution is -2.21. The lowest BCUT2D eigenvalue weighted by atomic mass is 9.96. The van der Waals surface area contributed by atoms with Crippen molar-refractivity contribution in [3.63, 3.8) is 0 Å². The number of amides is 1. The number of fused-ring (bicyclic) bond motifs is 1. The third kappa shape index (κ3) is 4.50. The molecule has 5 nitrogen and oxygen atoms in total. The lowest BCUT2D eigenvalue weighted by molar-refractivity contribution is -0.112. The van der Waals surface area contributed by atoms with Crippen LogP contribution in [-0.4, -0.2) is 19.0 Å². The normalized spacial score (nSPS) is 13.2. The third-order valence-electron chi connectivity index (χ3n) is 5.21. The van der Waals surface area contributed by atoms with Crippen molar-refractivity contribution in [2.45, 2.75) is 39.5 Å². The molecule has 0 saturated carbocycles. The van der Waals surface area contributed by atoms with E-state index in [1.165, 1.54) is 16.2 Å². The maximum Gasteiger partial charge on any atom is 0.266 e. The highest BCUT2D eigenvalue weighted by molar-refractivity contribution is 7.16. The number of nitriles is 2. The fraction of sp³-hybridized carbons (Fsp3) is 0.348. The second-order valence-corrected chi connectivity index (χ2v) is 8.02. The zero-order valence-electron chi connectivity index (χ0n) is 16.8. The summed E-state index contributed by atoms with van der Waals surface area (Å²) in [5.41, 5.74) is 3.54. The molecule has 0 atom stereocenters. The standard InChI is InChI=1S/C23H24N4OS/c1-3-27(4-2)18-11-9-16(10-12-18)13-17(14-24)22(28)26-23-20(15-25)19-7-5-6-8-21(19)29-23/h9-13H,3-8H2,1-2H3,(H,26,28)/b17-13+. The van der Waals surface area contributed by atoms with Gasteiger partial charge in [0.05, 0.1) is 5.56 Å². The van der Waals surface area contributed by atoms with Crippen molar-refractivity contribution in [2.75, 3.05) is 23.3 Å². The molecular formula is C23H24N4OS. The van der Waals surface area contributed by atoms with E-state index in [4.69, 9.17) is 0 Å². The summed E-state index contributed by atoms with van der Waals surface area (Å²) in [5.74, 6) is -0.476. The number of rotatable bonds is 6. The number of nitrogens with one attached hydrogen (secondary N) is 1. The van der Waals surface area contributed by atoms with Gasteiger partial charge >= 0.3 is 0 Å². The molecule has 0 fully saturated rings. The summed E-state index contributed by atoms with van der Waals surface area (Å²) in [6, 6.07) is 12.0. The largest absolute Gasteiger partial charge is 0.372 e. The van der Waals surface area contributed by atoms with Gasteiger partial charge in [0.15, 0.2) is 0 Å². The molecule has 1 aliphatic carbocycles. The van der Waals surface area contributed by atoms with Crippen molar-refractivity contribution >= 4 is 34.0 Å². The van der Waals surface area contributed by atoms with E-state index in [-0.39, 0.29) is 5.57 Å². The van der Waals surface area contributed by atoms with Gasteiger partial charge in [0.1, 0.15) is 22.7 Å². The van der Waals surface area contributed by atoms with Crippen molar-refractivity contribution in [3.8, 4) is 12.1 Å². The first-order valence-corrected chi connectivity index (χ1v) is 10.8. The smallest absolute Gasteiger partial charge is 0.266 e. The third-order valence-corrected chi connectivity index (χ3v) is 6.42. The molecule has 0 bridgehead atoms. The molecule has 29 heavy (non-hydrogen) atoms. The van der Waals surface area contributed by atoms with Crippen LogP contribution in [0.1, 0.15) is 48.3 Å². The molecular weight excluding hydrogens is 380 g/mol. The van der Waals surface area contributed by atoms with E-state index in [0.29, 0.717) is 10.6 Å². The molecule has 0 aliphatic heterocycles. The number of carbonyl (C=O) groups excluding carboxylic acids is 1. The first-order valence-electron chi connectivity index (χ1n) is 9.94. The number of nitrogens with zero attached hydrogens (tertiary/aromatic N) is 3. The van der Waals surface area contributed by atoms with Crippen LogP contribution < -0.4 is 10.2 Å². The molecule has 0 spiro atoms. The highest BCUT2D eigenvalue weighted by Crippen LogP contribution is 2.37. The second-order valence-electron chi connectivity index (χ2n) is 6.91. The minimum Gasteiger partial charge on any atom is -0.372 e. The summed E-state index contributed by atoms with van der Waals surface area (Å²) in [7, 11) is 0. The molecule has 0 unspecified atom stereocenters. The monoisotopic (exact) mass is 404 g/mol. The van der Waals surface area contributed by atoms with Gasteiger partial charge in [0, 0.05) is 23.7 Å². The molecule has 1 heterocycles. The average Bonchev–Trinajstić information content (AvgIpc) is 3.10. The van der Waals surface area contributed by atoms with Gasteiger partial charge in [-0.05, 0) is 68.9 Å². The molecule has 2 aromatic rings. The molecule has 3 rings (SSSR count). The van der Waals surface area contributed by atoms with Crippen molar-refractivity contribution in [1.82, 2.24) is 0 Å². The van der Waals surface area contributed by atoms with E-state index in [0.717, 1.165) is 55.6 Å². The molecule has 0 radical (unpaired) electrons. The predicted molar refractivity (Wildman–Crippen MR) is 118 cm³/mol. The fourth-order valence-electron chi connectivity index (χ4n) is 3.63. The quantitative estimate of drug-likeness (QED) is 0.549. The average molecular weight is 405 g/mol. The van der Waals surface area contributed by atoms with Crippen LogP contribution in [0.4, 0.5) is 10.7 Å². The van der Waals surface area contributed by atoms with Crippen LogP contribution in [0.2, 0.25) is 0 Å². The summed E-state index contributed by atoms with van der Waals surface area (Å²) >= 11 is 1.46. The van der Waals surface area contributed by atoms with Crippen LogP contribution in [0.3, 0.4) is 0 Å². The van der Waals surface area contributed by atoms with Gasteiger partial charge in [-0.25, -0.2) is 0 Å². The van der Waals surface area contributed by atoms with Gasteiger partial charge in [-0.2, -0.15) is 10.5 Å². The van der Waals surface area contributed by atoms with Crippen LogP contribution in [0.5, 0.6) is 0 Å². The molecule has 1 aromatic carbocycles. The van der Waals surface area contributed by atoms with Crippen LogP contribution >= 0.6 is 11.3 Å². The number of thiophene rings is 1.